The van der Waals surface area contributed by atoms with Crippen molar-refractivity contribution in [1.82, 2.24) is 14.8 Å². The predicted molar refractivity (Wildman–Crippen MR) is 102 cm³/mol. The van der Waals surface area contributed by atoms with Crippen molar-refractivity contribution in [2.45, 2.75) is 25.8 Å². The number of para-hydroxylation sites is 1. The summed E-state index contributed by atoms with van der Waals surface area (Å²) in [6.07, 6.45) is 3.30. The van der Waals surface area contributed by atoms with Gasteiger partial charge in [0.15, 0.2) is 5.82 Å². The molecule has 2 aromatic carbocycles. The number of hydrogen-bond acceptors (Lipinski definition) is 3. The Morgan fingerprint density at radius 2 is 1.81 bits per heavy atom. The van der Waals surface area contributed by atoms with E-state index in [1.165, 1.54) is 6.42 Å². The molecule has 0 fully saturated rings. The van der Waals surface area contributed by atoms with Gasteiger partial charge in [0.1, 0.15) is 5.82 Å². The molecule has 26 heavy (non-hydrogen) atoms. The van der Waals surface area contributed by atoms with Crippen LogP contribution in [-0.2, 0) is 13.0 Å². The molecule has 6 nitrogen and oxygen atoms in total. The molecule has 132 valence electrons. The fourth-order valence-corrected chi connectivity index (χ4v) is 3.25. The van der Waals surface area contributed by atoms with Crippen LogP contribution < -0.4 is 10.6 Å². The first kappa shape index (κ1) is 16.6. The van der Waals surface area contributed by atoms with Crippen LogP contribution in [0.25, 0.3) is 11.4 Å². The lowest BCUT2D eigenvalue weighted by Gasteiger charge is -2.15. The number of carbonyl (C=O) groups excluding carboxylic acids is 1. The Labute approximate surface area is 156 Å². The van der Waals surface area contributed by atoms with Crippen LogP contribution in [0.5, 0.6) is 0 Å². The fraction of sp³-hybridized carbons (Fsp3) is 0.211. The van der Waals surface area contributed by atoms with Crippen LogP contribution in [-0.4, -0.2) is 20.8 Å². The van der Waals surface area contributed by atoms with Crippen LogP contribution in [0, 0.1) is 0 Å². The number of rotatable bonds is 3. The van der Waals surface area contributed by atoms with E-state index in [-0.39, 0.29) is 6.03 Å². The van der Waals surface area contributed by atoms with E-state index in [9.17, 15) is 4.79 Å². The molecule has 2 amide bonds. The van der Waals surface area contributed by atoms with E-state index in [2.05, 4.69) is 25.4 Å². The first-order valence-corrected chi connectivity index (χ1v) is 8.93. The molecule has 0 unspecified atom stereocenters. The minimum atomic E-state index is -0.342. The molecule has 1 aliphatic heterocycles. The Kier molecular flexibility index (Phi) is 4.58. The van der Waals surface area contributed by atoms with Crippen molar-refractivity contribution in [1.29, 1.82) is 0 Å². The zero-order valence-electron chi connectivity index (χ0n) is 14.1. The summed E-state index contributed by atoms with van der Waals surface area (Å²) >= 11 is 6.05. The molecule has 2 heterocycles. The van der Waals surface area contributed by atoms with Crippen LogP contribution in [0.1, 0.15) is 18.7 Å². The van der Waals surface area contributed by atoms with Gasteiger partial charge in [-0.05, 0) is 49.2 Å². The molecule has 3 aromatic rings. The summed E-state index contributed by atoms with van der Waals surface area (Å²) in [6, 6.07) is 14.4. The number of fused-ring (bicyclic) bond motifs is 1. The number of nitrogens with one attached hydrogen (secondary N) is 2. The van der Waals surface area contributed by atoms with Crippen LogP contribution in [0.2, 0.25) is 5.02 Å². The maximum Gasteiger partial charge on any atom is 0.323 e. The largest absolute Gasteiger partial charge is 0.323 e. The van der Waals surface area contributed by atoms with Gasteiger partial charge >= 0.3 is 6.03 Å². The molecule has 0 saturated heterocycles. The monoisotopic (exact) mass is 367 g/mol. The second-order valence-corrected chi connectivity index (χ2v) is 6.59. The summed E-state index contributed by atoms with van der Waals surface area (Å²) in [6.45, 7) is 0.956. The summed E-state index contributed by atoms with van der Waals surface area (Å²) in [5.41, 5.74) is 2.25. The molecule has 1 aliphatic rings. The number of aromatic nitrogens is 3. The van der Waals surface area contributed by atoms with Gasteiger partial charge in [-0.3, -0.25) is 0 Å². The van der Waals surface area contributed by atoms with Gasteiger partial charge in [-0.2, -0.15) is 0 Å². The summed E-state index contributed by atoms with van der Waals surface area (Å²) in [5, 5.41) is 14.6. The number of hydrogen-bond donors (Lipinski definition) is 2. The van der Waals surface area contributed by atoms with Gasteiger partial charge in [0.2, 0.25) is 0 Å². The second-order valence-electron chi connectivity index (χ2n) is 6.18. The highest BCUT2D eigenvalue weighted by atomic mass is 35.5. The van der Waals surface area contributed by atoms with Crippen molar-refractivity contribution in [3.8, 4) is 11.4 Å². The number of aryl methyl sites for hydroxylation is 1. The minimum absolute atomic E-state index is 0.342. The lowest BCUT2D eigenvalue weighted by molar-refractivity contribution is 0.262. The molecule has 0 saturated carbocycles. The quantitative estimate of drug-likeness (QED) is 0.711. The van der Waals surface area contributed by atoms with E-state index in [1.54, 1.807) is 12.1 Å². The normalized spacial score (nSPS) is 13.1. The van der Waals surface area contributed by atoms with E-state index in [0.717, 1.165) is 36.6 Å². The predicted octanol–water partition coefficient (Wildman–Crippen LogP) is 4.58. The number of nitrogens with zero attached hydrogens (tertiary/aromatic N) is 3. The second kappa shape index (κ2) is 7.17. The Hall–Kier alpha value is -2.86. The first-order valence-electron chi connectivity index (χ1n) is 8.56. The van der Waals surface area contributed by atoms with Gasteiger partial charge in [0.25, 0.3) is 0 Å². The Morgan fingerprint density at radius 3 is 2.62 bits per heavy atom. The van der Waals surface area contributed by atoms with E-state index in [1.807, 2.05) is 36.4 Å². The van der Waals surface area contributed by atoms with Gasteiger partial charge in [0.05, 0.1) is 10.7 Å². The van der Waals surface area contributed by atoms with Crippen LogP contribution in [0.15, 0.2) is 48.5 Å². The lowest BCUT2D eigenvalue weighted by Crippen LogP contribution is -2.19. The smallest absolute Gasteiger partial charge is 0.311 e. The summed E-state index contributed by atoms with van der Waals surface area (Å²) in [7, 11) is 0. The zero-order valence-corrected chi connectivity index (χ0v) is 14.8. The average Bonchev–Trinajstić information content (AvgIpc) is 3.08. The molecule has 4 rings (SSSR count). The SMILES string of the molecule is O=C(Nc1ccc(-c2nnc3n2CCCC3)cc1)Nc1ccccc1Cl. The topological polar surface area (TPSA) is 71.8 Å². The molecule has 2 N–H and O–H groups in total. The third kappa shape index (κ3) is 3.41. The number of amides is 2. The van der Waals surface area contributed by atoms with Crippen molar-refractivity contribution in [3.05, 3.63) is 59.4 Å². The zero-order chi connectivity index (χ0) is 17.9. The van der Waals surface area contributed by atoms with Crippen LogP contribution in [0.4, 0.5) is 16.2 Å². The summed E-state index contributed by atoms with van der Waals surface area (Å²) in [4.78, 5) is 12.1. The van der Waals surface area contributed by atoms with E-state index < -0.39 is 0 Å². The van der Waals surface area contributed by atoms with Crippen molar-refractivity contribution < 1.29 is 4.79 Å². The lowest BCUT2D eigenvalue weighted by atomic mass is 10.1. The van der Waals surface area contributed by atoms with Crippen LogP contribution in [0.3, 0.4) is 0 Å². The van der Waals surface area contributed by atoms with Crippen LogP contribution >= 0.6 is 11.6 Å². The molecule has 0 radical (unpaired) electrons. The molecular formula is C19H18ClN5O. The first-order chi connectivity index (χ1) is 12.7. The minimum Gasteiger partial charge on any atom is -0.311 e. The Morgan fingerprint density at radius 1 is 1.00 bits per heavy atom. The molecule has 7 heteroatoms. The molecule has 1 aromatic heterocycles. The highest BCUT2D eigenvalue weighted by Crippen LogP contribution is 2.25. The van der Waals surface area contributed by atoms with Gasteiger partial charge in [-0.25, -0.2) is 4.79 Å². The Balaban J connectivity index is 1.46. The van der Waals surface area contributed by atoms with Crippen molar-refractivity contribution in [3.63, 3.8) is 0 Å². The third-order valence-electron chi connectivity index (χ3n) is 4.38. The summed E-state index contributed by atoms with van der Waals surface area (Å²) in [5.74, 6) is 1.93. The standard InChI is InChI=1S/C19H18ClN5O/c20-15-5-1-2-6-16(15)22-19(26)21-14-10-8-13(9-11-14)18-24-23-17-7-3-4-12-25(17)18/h1-2,5-6,8-11H,3-4,7,12H2,(H2,21,22,26). The molecule has 0 atom stereocenters. The van der Waals surface area contributed by atoms with Gasteiger partial charge in [-0.1, -0.05) is 23.7 Å². The maximum absolute atomic E-state index is 12.1. The van der Waals surface area contributed by atoms with Crippen molar-refractivity contribution in [2.24, 2.45) is 0 Å². The number of halogens is 1. The molecule has 0 spiro atoms. The average molecular weight is 368 g/mol. The molecular weight excluding hydrogens is 350 g/mol. The fourth-order valence-electron chi connectivity index (χ4n) is 3.07. The number of benzene rings is 2. The molecule has 0 bridgehead atoms. The van der Waals surface area contributed by atoms with E-state index in [4.69, 9.17) is 11.6 Å². The van der Waals surface area contributed by atoms with Gasteiger partial charge < -0.3 is 15.2 Å². The van der Waals surface area contributed by atoms with E-state index in [0.29, 0.717) is 16.4 Å². The number of carbonyl (C=O) groups is 1. The highest BCUT2D eigenvalue weighted by Gasteiger charge is 2.16. The van der Waals surface area contributed by atoms with Gasteiger partial charge in [0, 0.05) is 24.2 Å². The van der Waals surface area contributed by atoms with Crippen molar-refractivity contribution in [2.75, 3.05) is 10.6 Å². The number of urea groups is 1. The van der Waals surface area contributed by atoms with E-state index >= 15 is 0 Å². The van der Waals surface area contributed by atoms with Crippen molar-refractivity contribution >= 4 is 29.0 Å². The maximum atomic E-state index is 12.1. The highest BCUT2D eigenvalue weighted by molar-refractivity contribution is 6.33. The number of anilines is 2. The Bertz CT molecular complexity index is 935. The molecule has 0 aliphatic carbocycles. The third-order valence-corrected chi connectivity index (χ3v) is 4.71. The van der Waals surface area contributed by atoms with Gasteiger partial charge in [-0.15, -0.1) is 10.2 Å². The summed E-state index contributed by atoms with van der Waals surface area (Å²) < 4.78 is 2.18.